The minimum Gasteiger partial charge on any atom is -0.495 e. The van der Waals surface area contributed by atoms with Gasteiger partial charge in [0, 0.05) is 12.7 Å². The molecule has 3 aromatic carbocycles. The molecule has 6 nitrogen and oxygen atoms in total. The topological polar surface area (TPSA) is 75.7 Å². The van der Waals surface area contributed by atoms with Crippen LogP contribution in [-0.2, 0) is 10.0 Å². The highest BCUT2D eigenvalue weighted by Gasteiger charge is 2.24. The summed E-state index contributed by atoms with van der Waals surface area (Å²) in [5.41, 5.74) is 0.925. The number of ether oxygens (including phenoxy) is 1. The lowest BCUT2D eigenvalue weighted by Gasteiger charge is -2.20. The summed E-state index contributed by atoms with van der Waals surface area (Å²) in [6.45, 7) is 0. The van der Waals surface area contributed by atoms with Crippen LogP contribution >= 0.6 is 23.2 Å². The van der Waals surface area contributed by atoms with Crippen molar-refractivity contribution in [2.24, 2.45) is 0 Å². The average molecular weight is 465 g/mol. The van der Waals surface area contributed by atoms with Crippen LogP contribution in [0.15, 0.2) is 71.6 Å². The van der Waals surface area contributed by atoms with Gasteiger partial charge in [0.2, 0.25) is 0 Å². The van der Waals surface area contributed by atoms with Crippen molar-refractivity contribution in [3.05, 3.63) is 82.3 Å². The van der Waals surface area contributed by atoms with Crippen molar-refractivity contribution < 1.29 is 17.9 Å². The van der Waals surface area contributed by atoms with E-state index in [0.717, 1.165) is 4.31 Å². The molecule has 156 valence electrons. The molecule has 1 amide bonds. The normalized spacial score (nSPS) is 11.1. The zero-order valence-electron chi connectivity index (χ0n) is 16.1. The number of rotatable bonds is 6. The molecule has 0 aliphatic carbocycles. The van der Waals surface area contributed by atoms with E-state index in [2.05, 4.69) is 5.32 Å². The predicted molar refractivity (Wildman–Crippen MR) is 119 cm³/mol. The van der Waals surface area contributed by atoms with Gasteiger partial charge in [0.05, 0.1) is 33.3 Å². The van der Waals surface area contributed by atoms with Crippen molar-refractivity contribution in [2.45, 2.75) is 4.90 Å². The van der Waals surface area contributed by atoms with Crippen LogP contribution in [0.2, 0.25) is 10.0 Å². The maximum absolute atomic E-state index is 13.0. The van der Waals surface area contributed by atoms with Gasteiger partial charge in [0.15, 0.2) is 0 Å². The minimum atomic E-state index is -3.90. The summed E-state index contributed by atoms with van der Waals surface area (Å²) in [5.74, 6) is -0.106. The second-order valence-corrected chi connectivity index (χ2v) is 9.04. The highest BCUT2D eigenvalue weighted by atomic mass is 35.5. The molecule has 9 heteroatoms. The fraction of sp³-hybridized carbons (Fsp3) is 0.0952. The lowest BCUT2D eigenvalue weighted by atomic mass is 10.2. The number of benzene rings is 3. The molecule has 0 radical (unpaired) electrons. The molecule has 30 heavy (non-hydrogen) atoms. The van der Waals surface area contributed by atoms with Crippen LogP contribution in [0, 0.1) is 0 Å². The number of hydrogen-bond donors (Lipinski definition) is 1. The molecular formula is C21H18Cl2N2O4S. The Balaban J connectivity index is 1.91. The summed E-state index contributed by atoms with van der Waals surface area (Å²) in [6, 6.07) is 17.3. The Morgan fingerprint density at radius 2 is 1.67 bits per heavy atom. The number of para-hydroxylation sites is 1. The number of carbonyl (C=O) groups is 1. The first-order valence-corrected chi connectivity index (χ1v) is 10.9. The molecule has 0 unspecified atom stereocenters. The molecule has 0 spiro atoms. The molecule has 0 bridgehead atoms. The van der Waals surface area contributed by atoms with E-state index in [9.17, 15) is 13.2 Å². The van der Waals surface area contributed by atoms with E-state index in [0.29, 0.717) is 22.1 Å². The standard InChI is InChI=1S/C21H18Cl2N2O4S/c1-25(15-6-4-3-5-7-15)30(27,28)16-9-10-18(22)17(13-16)21(26)24-14-8-11-20(29-2)19(23)12-14/h3-13H,1-2H3,(H,24,26). The van der Waals surface area contributed by atoms with E-state index < -0.39 is 15.9 Å². The van der Waals surface area contributed by atoms with Crippen LogP contribution in [0.5, 0.6) is 5.75 Å². The molecule has 0 saturated carbocycles. The van der Waals surface area contributed by atoms with E-state index in [1.54, 1.807) is 42.5 Å². The monoisotopic (exact) mass is 464 g/mol. The van der Waals surface area contributed by atoms with E-state index in [4.69, 9.17) is 27.9 Å². The Labute approximate surface area is 185 Å². The fourth-order valence-corrected chi connectivity index (χ4v) is 4.40. The SMILES string of the molecule is COc1ccc(NC(=O)c2cc(S(=O)(=O)N(C)c3ccccc3)ccc2Cl)cc1Cl. The van der Waals surface area contributed by atoms with Crippen molar-refractivity contribution in [1.29, 1.82) is 0 Å². The molecule has 0 fully saturated rings. The van der Waals surface area contributed by atoms with Gasteiger partial charge in [-0.15, -0.1) is 0 Å². The summed E-state index contributed by atoms with van der Waals surface area (Å²) in [4.78, 5) is 12.7. The zero-order chi connectivity index (χ0) is 21.9. The average Bonchev–Trinajstić information content (AvgIpc) is 2.74. The van der Waals surface area contributed by atoms with Gasteiger partial charge >= 0.3 is 0 Å². The smallest absolute Gasteiger partial charge is 0.264 e. The summed E-state index contributed by atoms with van der Waals surface area (Å²) in [7, 11) is -0.970. The first kappa shape index (κ1) is 22.0. The zero-order valence-corrected chi connectivity index (χ0v) is 18.4. The third-order valence-corrected chi connectivity index (χ3v) is 6.78. The second kappa shape index (κ2) is 8.95. The lowest BCUT2D eigenvalue weighted by molar-refractivity contribution is 0.102. The van der Waals surface area contributed by atoms with Crippen molar-refractivity contribution >= 4 is 50.5 Å². The highest BCUT2D eigenvalue weighted by molar-refractivity contribution is 7.92. The Hall–Kier alpha value is -2.74. The molecule has 0 saturated heterocycles. The number of nitrogens with zero attached hydrogens (tertiary/aromatic N) is 1. The second-order valence-electron chi connectivity index (χ2n) is 6.25. The molecule has 0 aliphatic rings. The largest absolute Gasteiger partial charge is 0.495 e. The van der Waals surface area contributed by atoms with Crippen LogP contribution in [0.4, 0.5) is 11.4 Å². The maximum atomic E-state index is 13.0. The third-order valence-electron chi connectivity index (χ3n) is 4.37. The quantitative estimate of drug-likeness (QED) is 0.551. The number of methoxy groups -OCH3 is 1. The lowest BCUT2D eigenvalue weighted by Crippen LogP contribution is -2.27. The van der Waals surface area contributed by atoms with E-state index >= 15 is 0 Å². The van der Waals surface area contributed by atoms with Crippen LogP contribution in [0.25, 0.3) is 0 Å². The summed E-state index contributed by atoms with van der Waals surface area (Å²) in [5, 5.41) is 3.10. The molecule has 3 aromatic rings. The minimum absolute atomic E-state index is 0.0196. The van der Waals surface area contributed by atoms with Gasteiger partial charge in [-0.1, -0.05) is 41.4 Å². The van der Waals surface area contributed by atoms with Crippen LogP contribution in [-0.4, -0.2) is 28.5 Å². The summed E-state index contributed by atoms with van der Waals surface area (Å²) < 4.78 is 32.2. The number of sulfonamides is 1. The summed E-state index contributed by atoms with van der Waals surface area (Å²) >= 11 is 12.2. The molecule has 0 aromatic heterocycles. The van der Waals surface area contributed by atoms with Gasteiger partial charge in [-0.05, 0) is 48.5 Å². The Bertz CT molecular complexity index is 1180. The van der Waals surface area contributed by atoms with Gasteiger partial charge in [-0.25, -0.2) is 8.42 Å². The van der Waals surface area contributed by atoms with Crippen LogP contribution < -0.4 is 14.4 Å². The number of nitrogens with one attached hydrogen (secondary N) is 1. The van der Waals surface area contributed by atoms with Crippen molar-refractivity contribution in [2.75, 3.05) is 23.8 Å². The summed E-state index contributed by atoms with van der Waals surface area (Å²) in [6.07, 6.45) is 0. The van der Waals surface area contributed by atoms with Crippen LogP contribution in [0.1, 0.15) is 10.4 Å². The number of hydrogen-bond acceptors (Lipinski definition) is 4. The number of carbonyl (C=O) groups excluding carboxylic acids is 1. The Kier molecular flexibility index (Phi) is 6.55. The van der Waals surface area contributed by atoms with Crippen molar-refractivity contribution in [3.63, 3.8) is 0 Å². The van der Waals surface area contributed by atoms with Gasteiger partial charge in [0.1, 0.15) is 5.75 Å². The van der Waals surface area contributed by atoms with Gasteiger partial charge in [0.25, 0.3) is 15.9 Å². The molecular weight excluding hydrogens is 447 g/mol. The van der Waals surface area contributed by atoms with Crippen LogP contribution in [0.3, 0.4) is 0 Å². The van der Waals surface area contributed by atoms with Crippen molar-refractivity contribution in [1.82, 2.24) is 0 Å². The maximum Gasteiger partial charge on any atom is 0.264 e. The highest BCUT2D eigenvalue weighted by Crippen LogP contribution is 2.29. The van der Waals surface area contributed by atoms with E-state index in [1.165, 1.54) is 38.4 Å². The molecule has 0 atom stereocenters. The number of halogens is 2. The first-order chi connectivity index (χ1) is 14.2. The first-order valence-electron chi connectivity index (χ1n) is 8.72. The molecule has 1 N–H and O–H groups in total. The number of amides is 1. The van der Waals surface area contributed by atoms with E-state index in [1.807, 2.05) is 0 Å². The predicted octanol–water partition coefficient (Wildman–Crippen LogP) is 5.08. The van der Waals surface area contributed by atoms with Crippen molar-refractivity contribution in [3.8, 4) is 5.75 Å². The number of anilines is 2. The fourth-order valence-electron chi connectivity index (χ4n) is 2.72. The van der Waals surface area contributed by atoms with E-state index in [-0.39, 0.29) is 15.5 Å². The van der Waals surface area contributed by atoms with Gasteiger partial charge < -0.3 is 10.1 Å². The Morgan fingerprint density at radius 3 is 2.30 bits per heavy atom. The van der Waals surface area contributed by atoms with Gasteiger partial charge in [-0.2, -0.15) is 0 Å². The van der Waals surface area contributed by atoms with Gasteiger partial charge in [-0.3, -0.25) is 9.10 Å². The molecule has 0 aliphatic heterocycles. The third kappa shape index (κ3) is 4.53. The Morgan fingerprint density at radius 1 is 0.967 bits per heavy atom. The molecule has 3 rings (SSSR count). The molecule has 0 heterocycles.